The third-order valence-electron chi connectivity index (χ3n) is 2.68. The van der Waals surface area contributed by atoms with Crippen LogP contribution in [0.3, 0.4) is 0 Å². The van der Waals surface area contributed by atoms with Crippen LogP contribution in [-0.4, -0.2) is 22.1 Å². The second-order valence-electron chi connectivity index (χ2n) is 4.29. The summed E-state index contributed by atoms with van der Waals surface area (Å²) in [5, 5.41) is 2.77. The Kier molecular flexibility index (Phi) is 4.87. The fraction of sp³-hybridized carbons (Fsp3) is 0.286. The fourth-order valence-corrected chi connectivity index (χ4v) is 2.82. The highest BCUT2D eigenvalue weighted by atomic mass is 32.2. The third-order valence-corrected chi connectivity index (χ3v) is 3.92. The zero-order valence-corrected chi connectivity index (χ0v) is 12.7. The molecule has 0 amide bonds. The van der Waals surface area contributed by atoms with Crippen LogP contribution in [0.4, 0.5) is 5.69 Å². The molecule has 0 saturated carbocycles. The van der Waals surface area contributed by atoms with E-state index in [1.165, 1.54) is 6.07 Å². The average Bonchev–Trinajstić information content (AvgIpc) is 2.91. The van der Waals surface area contributed by atoms with Crippen LogP contribution in [0.25, 0.3) is 0 Å². The number of furan rings is 1. The van der Waals surface area contributed by atoms with Gasteiger partial charge >= 0.3 is 0 Å². The summed E-state index contributed by atoms with van der Waals surface area (Å²) in [6.45, 7) is 2.75. The molecule has 0 aliphatic heterocycles. The molecule has 0 fully saturated rings. The fourth-order valence-electron chi connectivity index (χ4n) is 1.80. The molecule has 2 aromatic rings. The van der Waals surface area contributed by atoms with Crippen molar-refractivity contribution in [1.82, 2.24) is 5.32 Å². The minimum absolute atomic E-state index is 0.126. The Hall–Kier alpha value is -1.99. The van der Waals surface area contributed by atoms with Crippen molar-refractivity contribution in [3.05, 3.63) is 42.2 Å². The zero-order valence-electron chi connectivity index (χ0n) is 11.9. The van der Waals surface area contributed by atoms with Gasteiger partial charge in [0.25, 0.3) is 10.0 Å². The van der Waals surface area contributed by atoms with Gasteiger partial charge < -0.3 is 14.5 Å². The molecule has 2 rings (SSSR count). The van der Waals surface area contributed by atoms with E-state index in [1.54, 1.807) is 37.4 Å². The number of nitrogens with one attached hydrogen (secondary N) is 2. The Balaban J connectivity index is 2.24. The molecule has 0 aliphatic rings. The third kappa shape index (κ3) is 3.77. The molecule has 0 radical (unpaired) electrons. The Bertz CT molecular complexity index is 695. The molecular weight excluding hydrogens is 292 g/mol. The predicted octanol–water partition coefficient (Wildman–Crippen LogP) is 2.20. The Morgan fingerprint density at radius 1 is 1.19 bits per heavy atom. The van der Waals surface area contributed by atoms with Gasteiger partial charge in [0.1, 0.15) is 11.5 Å². The van der Waals surface area contributed by atoms with Gasteiger partial charge in [-0.25, -0.2) is 0 Å². The lowest BCUT2D eigenvalue weighted by Gasteiger charge is -2.11. The monoisotopic (exact) mass is 310 g/mol. The van der Waals surface area contributed by atoms with Gasteiger partial charge in [0.15, 0.2) is 0 Å². The summed E-state index contributed by atoms with van der Waals surface area (Å²) in [7, 11) is -2.02. The standard InChI is InChI=1S/C14H18N2O4S/c1-3-19-13-7-5-4-6-12(13)16-21(17,18)14-9-8-11(20-14)10-15-2/h4-9,15-16H,3,10H2,1-2H3. The van der Waals surface area contributed by atoms with Crippen molar-refractivity contribution in [2.24, 2.45) is 0 Å². The Labute approximate surface area is 124 Å². The topological polar surface area (TPSA) is 80.6 Å². The van der Waals surface area contributed by atoms with Crippen LogP contribution < -0.4 is 14.8 Å². The number of hydrogen-bond donors (Lipinski definition) is 2. The number of benzene rings is 1. The largest absolute Gasteiger partial charge is 0.492 e. The zero-order chi connectivity index (χ0) is 15.3. The lowest BCUT2D eigenvalue weighted by atomic mass is 10.3. The summed E-state index contributed by atoms with van der Waals surface area (Å²) in [4.78, 5) is 0. The summed E-state index contributed by atoms with van der Waals surface area (Å²) < 4.78 is 37.8. The number of anilines is 1. The normalized spacial score (nSPS) is 11.3. The van der Waals surface area contributed by atoms with E-state index in [9.17, 15) is 8.42 Å². The minimum atomic E-state index is -3.78. The van der Waals surface area contributed by atoms with Crippen LogP contribution in [0.5, 0.6) is 5.75 Å². The van der Waals surface area contributed by atoms with Gasteiger partial charge in [-0.05, 0) is 38.2 Å². The molecule has 7 heteroatoms. The Morgan fingerprint density at radius 3 is 2.67 bits per heavy atom. The van der Waals surface area contributed by atoms with Crippen molar-refractivity contribution in [2.45, 2.75) is 18.6 Å². The SMILES string of the molecule is CCOc1ccccc1NS(=O)(=O)c1ccc(CNC)o1. The van der Waals surface area contributed by atoms with E-state index >= 15 is 0 Å². The van der Waals surface area contributed by atoms with Crippen LogP contribution in [0.2, 0.25) is 0 Å². The van der Waals surface area contributed by atoms with Gasteiger partial charge in [0, 0.05) is 0 Å². The highest BCUT2D eigenvalue weighted by molar-refractivity contribution is 7.92. The molecule has 6 nitrogen and oxygen atoms in total. The smallest absolute Gasteiger partial charge is 0.295 e. The van der Waals surface area contributed by atoms with Crippen molar-refractivity contribution in [3.8, 4) is 5.75 Å². The highest BCUT2D eigenvalue weighted by Gasteiger charge is 2.20. The van der Waals surface area contributed by atoms with Crippen molar-refractivity contribution in [2.75, 3.05) is 18.4 Å². The second-order valence-corrected chi connectivity index (χ2v) is 5.90. The number of ether oxygens (including phenoxy) is 1. The van der Waals surface area contributed by atoms with Crippen molar-refractivity contribution >= 4 is 15.7 Å². The van der Waals surface area contributed by atoms with E-state index in [1.807, 2.05) is 6.92 Å². The molecule has 0 aliphatic carbocycles. The van der Waals surface area contributed by atoms with Crippen LogP contribution in [0.15, 0.2) is 45.9 Å². The van der Waals surface area contributed by atoms with Crippen molar-refractivity contribution in [3.63, 3.8) is 0 Å². The Morgan fingerprint density at radius 2 is 1.95 bits per heavy atom. The number of rotatable bonds is 7. The molecule has 0 unspecified atom stereocenters. The first-order valence-electron chi connectivity index (χ1n) is 6.54. The van der Waals surface area contributed by atoms with Gasteiger partial charge in [0.05, 0.1) is 18.8 Å². The molecule has 1 heterocycles. The summed E-state index contributed by atoms with van der Waals surface area (Å²) in [6, 6.07) is 9.91. The summed E-state index contributed by atoms with van der Waals surface area (Å²) in [5.41, 5.74) is 0.380. The van der Waals surface area contributed by atoms with E-state index in [0.29, 0.717) is 30.3 Å². The molecule has 0 spiro atoms. The first kappa shape index (κ1) is 15.4. The van der Waals surface area contributed by atoms with Gasteiger partial charge in [-0.3, -0.25) is 4.72 Å². The van der Waals surface area contributed by atoms with Crippen LogP contribution in [0, 0.1) is 0 Å². The molecule has 0 bridgehead atoms. The van der Waals surface area contributed by atoms with Crippen LogP contribution in [0.1, 0.15) is 12.7 Å². The van der Waals surface area contributed by atoms with E-state index in [4.69, 9.17) is 9.15 Å². The second kappa shape index (κ2) is 6.64. The number of hydrogen-bond acceptors (Lipinski definition) is 5. The predicted molar refractivity (Wildman–Crippen MR) is 79.9 cm³/mol. The molecule has 0 saturated heterocycles. The van der Waals surface area contributed by atoms with Crippen LogP contribution in [-0.2, 0) is 16.6 Å². The summed E-state index contributed by atoms with van der Waals surface area (Å²) in [6.07, 6.45) is 0. The molecule has 114 valence electrons. The molecule has 0 atom stereocenters. The van der Waals surface area contributed by atoms with Crippen molar-refractivity contribution < 1.29 is 17.6 Å². The molecule has 1 aromatic heterocycles. The average molecular weight is 310 g/mol. The maximum atomic E-state index is 12.3. The minimum Gasteiger partial charge on any atom is -0.492 e. The number of para-hydroxylation sites is 2. The highest BCUT2D eigenvalue weighted by Crippen LogP contribution is 2.27. The molecule has 21 heavy (non-hydrogen) atoms. The quantitative estimate of drug-likeness (QED) is 0.819. The lowest BCUT2D eigenvalue weighted by molar-refractivity contribution is 0.342. The van der Waals surface area contributed by atoms with Gasteiger partial charge in [-0.1, -0.05) is 12.1 Å². The van der Waals surface area contributed by atoms with E-state index < -0.39 is 10.0 Å². The van der Waals surface area contributed by atoms with E-state index in [0.717, 1.165) is 0 Å². The molecular formula is C14H18N2O4S. The lowest BCUT2D eigenvalue weighted by Crippen LogP contribution is -2.13. The van der Waals surface area contributed by atoms with Gasteiger partial charge in [0.2, 0.25) is 5.09 Å². The first-order chi connectivity index (χ1) is 10.1. The van der Waals surface area contributed by atoms with Crippen LogP contribution >= 0.6 is 0 Å². The summed E-state index contributed by atoms with van der Waals surface area (Å²) >= 11 is 0. The van der Waals surface area contributed by atoms with E-state index in [2.05, 4.69) is 10.0 Å². The number of sulfonamides is 1. The maximum Gasteiger partial charge on any atom is 0.295 e. The maximum absolute atomic E-state index is 12.3. The molecule has 1 aromatic carbocycles. The summed E-state index contributed by atoms with van der Waals surface area (Å²) in [5.74, 6) is 1.03. The molecule has 2 N–H and O–H groups in total. The van der Waals surface area contributed by atoms with Crippen molar-refractivity contribution in [1.29, 1.82) is 0 Å². The van der Waals surface area contributed by atoms with E-state index in [-0.39, 0.29) is 5.09 Å². The van der Waals surface area contributed by atoms with Gasteiger partial charge in [-0.15, -0.1) is 0 Å². The first-order valence-corrected chi connectivity index (χ1v) is 8.03. The van der Waals surface area contributed by atoms with Gasteiger partial charge in [-0.2, -0.15) is 8.42 Å².